The lowest BCUT2D eigenvalue weighted by Gasteiger charge is -2.13. The van der Waals surface area contributed by atoms with Gasteiger partial charge in [0.05, 0.1) is 6.10 Å². The molecule has 0 saturated heterocycles. The van der Waals surface area contributed by atoms with Gasteiger partial charge in [-0.2, -0.15) is 0 Å². The molecule has 0 amide bonds. The van der Waals surface area contributed by atoms with Gasteiger partial charge in [-0.25, -0.2) is 0 Å². The molecule has 1 aromatic heterocycles. The van der Waals surface area contributed by atoms with Gasteiger partial charge in [-0.15, -0.1) is 0 Å². The minimum Gasteiger partial charge on any atom is -0.393 e. The summed E-state index contributed by atoms with van der Waals surface area (Å²) in [5, 5.41) is 9.70. The van der Waals surface area contributed by atoms with E-state index in [0.29, 0.717) is 6.42 Å². The molecule has 0 bridgehead atoms. The van der Waals surface area contributed by atoms with Gasteiger partial charge in [-0.3, -0.25) is 4.98 Å². The van der Waals surface area contributed by atoms with Gasteiger partial charge in [0, 0.05) is 12.4 Å². The monoisotopic (exact) mass is 194 g/mol. The van der Waals surface area contributed by atoms with Gasteiger partial charge in [0.1, 0.15) is 0 Å². The van der Waals surface area contributed by atoms with Crippen molar-refractivity contribution in [2.45, 2.75) is 18.9 Å². The highest BCUT2D eigenvalue weighted by Gasteiger charge is 2.05. The first-order chi connectivity index (χ1) is 6.68. The van der Waals surface area contributed by atoms with Gasteiger partial charge in [-0.05, 0) is 45.1 Å². The lowest BCUT2D eigenvalue weighted by atomic mass is 10.1. The first-order valence-electron chi connectivity index (χ1n) is 4.90. The molecule has 1 heterocycles. The highest BCUT2D eigenvalue weighted by atomic mass is 16.3. The minimum atomic E-state index is -0.262. The third-order valence-corrected chi connectivity index (χ3v) is 2.10. The maximum absolute atomic E-state index is 9.70. The molecule has 1 aromatic rings. The van der Waals surface area contributed by atoms with E-state index in [1.165, 1.54) is 0 Å². The second-order valence-electron chi connectivity index (χ2n) is 3.81. The Kier molecular flexibility index (Phi) is 4.56. The maximum Gasteiger partial charge on any atom is 0.0593 e. The molecule has 0 aliphatic carbocycles. The van der Waals surface area contributed by atoms with Crippen molar-refractivity contribution in [2.75, 3.05) is 20.6 Å². The van der Waals surface area contributed by atoms with Crippen LogP contribution in [0, 0.1) is 0 Å². The van der Waals surface area contributed by atoms with Crippen LogP contribution in [0.1, 0.15) is 12.0 Å². The number of aromatic nitrogens is 1. The van der Waals surface area contributed by atoms with Crippen molar-refractivity contribution in [2.24, 2.45) is 0 Å². The van der Waals surface area contributed by atoms with E-state index in [-0.39, 0.29) is 6.10 Å². The molecule has 14 heavy (non-hydrogen) atoms. The van der Waals surface area contributed by atoms with Crippen molar-refractivity contribution in [3.05, 3.63) is 30.1 Å². The average Bonchev–Trinajstić information content (AvgIpc) is 2.16. The summed E-state index contributed by atoms with van der Waals surface area (Å²) < 4.78 is 0. The van der Waals surface area contributed by atoms with Crippen molar-refractivity contribution in [3.63, 3.8) is 0 Å². The Morgan fingerprint density at radius 1 is 1.50 bits per heavy atom. The molecule has 1 unspecified atom stereocenters. The van der Waals surface area contributed by atoms with Crippen LogP contribution in [0.5, 0.6) is 0 Å². The summed E-state index contributed by atoms with van der Waals surface area (Å²) in [5.74, 6) is 0. The topological polar surface area (TPSA) is 36.4 Å². The summed E-state index contributed by atoms with van der Waals surface area (Å²) in [5.41, 5.74) is 1.10. The molecule has 0 radical (unpaired) electrons. The summed E-state index contributed by atoms with van der Waals surface area (Å²) in [6.45, 7) is 0.918. The Morgan fingerprint density at radius 2 is 2.29 bits per heavy atom. The smallest absolute Gasteiger partial charge is 0.0593 e. The molecule has 78 valence electrons. The van der Waals surface area contributed by atoms with Gasteiger partial charge in [0.15, 0.2) is 0 Å². The van der Waals surface area contributed by atoms with Gasteiger partial charge in [0.2, 0.25) is 0 Å². The number of hydrogen-bond acceptors (Lipinski definition) is 3. The first kappa shape index (κ1) is 11.1. The number of rotatable bonds is 5. The SMILES string of the molecule is CN(C)CCC(O)Cc1cccnc1. The molecule has 0 aliphatic rings. The number of pyridine rings is 1. The summed E-state index contributed by atoms with van der Waals surface area (Å²) in [6.07, 6.45) is 4.79. The fourth-order valence-electron chi connectivity index (χ4n) is 1.30. The van der Waals surface area contributed by atoms with E-state index in [2.05, 4.69) is 9.88 Å². The maximum atomic E-state index is 9.70. The normalized spacial score (nSPS) is 13.1. The third-order valence-electron chi connectivity index (χ3n) is 2.10. The number of aliphatic hydroxyl groups excluding tert-OH is 1. The third kappa shape index (κ3) is 4.35. The number of nitrogens with zero attached hydrogens (tertiary/aromatic N) is 2. The van der Waals surface area contributed by atoms with E-state index in [4.69, 9.17) is 0 Å². The molecule has 1 rings (SSSR count). The Balaban J connectivity index is 2.30. The van der Waals surface area contributed by atoms with Crippen LogP contribution in [0.4, 0.5) is 0 Å². The van der Waals surface area contributed by atoms with Crippen LogP contribution in [0.15, 0.2) is 24.5 Å². The Labute approximate surface area is 85.4 Å². The van der Waals surface area contributed by atoms with Crippen LogP contribution in [0.2, 0.25) is 0 Å². The van der Waals surface area contributed by atoms with Crippen molar-refractivity contribution in [1.82, 2.24) is 9.88 Å². The highest BCUT2D eigenvalue weighted by Crippen LogP contribution is 2.04. The molecule has 0 saturated carbocycles. The fourth-order valence-corrected chi connectivity index (χ4v) is 1.30. The average molecular weight is 194 g/mol. The summed E-state index contributed by atoms with van der Waals surface area (Å²) in [4.78, 5) is 6.09. The molecule has 3 nitrogen and oxygen atoms in total. The molecule has 3 heteroatoms. The predicted molar refractivity (Wildman–Crippen MR) is 57.1 cm³/mol. The molecule has 1 atom stereocenters. The number of aliphatic hydroxyl groups is 1. The van der Waals surface area contributed by atoms with Crippen LogP contribution < -0.4 is 0 Å². The summed E-state index contributed by atoms with van der Waals surface area (Å²) in [6, 6.07) is 3.89. The van der Waals surface area contributed by atoms with E-state index >= 15 is 0 Å². The van der Waals surface area contributed by atoms with E-state index < -0.39 is 0 Å². The van der Waals surface area contributed by atoms with Gasteiger partial charge in [-0.1, -0.05) is 6.07 Å². The Hall–Kier alpha value is -0.930. The zero-order valence-corrected chi connectivity index (χ0v) is 8.85. The van der Waals surface area contributed by atoms with Crippen molar-refractivity contribution >= 4 is 0 Å². The molecular formula is C11H18N2O. The van der Waals surface area contributed by atoms with Crippen LogP contribution >= 0.6 is 0 Å². The second kappa shape index (κ2) is 5.73. The molecule has 0 aliphatic heterocycles. The van der Waals surface area contributed by atoms with Crippen LogP contribution in [0.3, 0.4) is 0 Å². The van der Waals surface area contributed by atoms with Crippen LogP contribution in [-0.2, 0) is 6.42 Å². The zero-order chi connectivity index (χ0) is 10.4. The molecule has 1 N–H and O–H groups in total. The van der Waals surface area contributed by atoms with E-state index in [0.717, 1.165) is 18.5 Å². The van der Waals surface area contributed by atoms with Crippen LogP contribution in [-0.4, -0.2) is 41.7 Å². The van der Waals surface area contributed by atoms with Crippen molar-refractivity contribution in [1.29, 1.82) is 0 Å². The fraction of sp³-hybridized carbons (Fsp3) is 0.545. The highest BCUT2D eigenvalue weighted by molar-refractivity contribution is 5.09. The quantitative estimate of drug-likeness (QED) is 0.757. The summed E-state index contributed by atoms with van der Waals surface area (Å²) in [7, 11) is 4.02. The lowest BCUT2D eigenvalue weighted by Crippen LogP contribution is -2.20. The molecule has 0 fully saturated rings. The second-order valence-corrected chi connectivity index (χ2v) is 3.81. The first-order valence-corrected chi connectivity index (χ1v) is 4.90. The predicted octanol–water partition coefficient (Wildman–Crippen LogP) is 0.937. The largest absolute Gasteiger partial charge is 0.393 e. The minimum absolute atomic E-state index is 0.262. The number of hydrogen-bond donors (Lipinski definition) is 1. The van der Waals surface area contributed by atoms with Crippen LogP contribution in [0.25, 0.3) is 0 Å². The molecular weight excluding hydrogens is 176 g/mol. The Morgan fingerprint density at radius 3 is 2.86 bits per heavy atom. The van der Waals surface area contributed by atoms with Crippen molar-refractivity contribution < 1.29 is 5.11 Å². The lowest BCUT2D eigenvalue weighted by molar-refractivity contribution is 0.152. The standard InChI is InChI=1S/C11H18N2O/c1-13(2)7-5-11(14)8-10-4-3-6-12-9-10/h3-4,6,9,11,14H,5,7-8H2,1-2H3. The van der Waals surface area contributed by atoms with Gasteiger partial charge in [0.25, 0.3) is 0 Å². The summed E-state index contributed by atoms with van der Waals surface area (Å²) >= 11 is 0. The van der Waals surface area contributed by atoms with Crippen molar-refractivity contribution in [3.8, 4) is 0 Å². The van der Waals surface area contributed by atoms with E-state index in [1.807, 2.05) is 26.2 Å². The van der Waals surface area contributed by atoms with E-state index in [9.17, 15) is 5.11 Å². The van der Waals surface area contributed by atoms with Gasteiger partial charge >= 0.3 is 0 Å². The molecule has 0 aromatic carbocycles. The Bertz CT molecular complexity index is 249. The zero-order valence-electron chi connectivity index (χ0n) is 8.85. The molecule has 0 spiro atoms. The van der Waals surface area contributed by atoms with E-state index in [1.54, 1.807) is 12.4 Å². The van der Waals surface area contributed by atoms with Gasteiger partial charge < -0.3 is 10.0 Å².